The standard InChI is InChI=1S/C15H31NO3Si/c1-15(2,3)20(6,7)19-13-10-8-12(9-11-13)14(17)16(4)18-5/h12-13H,8-11H2,1-7H3. The summed E-state index contributed by atoms with van der Waals surface area (Å²) in [6.45, 7) is 11.4. The van der Waals surface area contributed by atoms with Crippen LogP contribution in [0.3, 0.4) is 0 Å². The van der Waals surface area contributed by atoms with Crippen molar-refractivity contribution in [3.8, 4) is 0 Å². The van der Waals surface area contributed by atoms with Gasteiger partial charge in [-0.25, -0.2) is 5.06 Å². The first kappa shape index (κ1) is 17.7. The van der Waals surface area contributed by atoms with Gasteiger partial charge in [-0.15, -0.1) is 0 Å². The summed E-state index contributed by atoms with van der Waals surface area (Å²) in [7, 11) is 1.52. The Labute approximate surface area is 124 Å². The van der Waals surface area contributed by atoms with E-state index in [4.69, 9.17) is 9.26 Å². The molecule has 0 heterocycles. The Balaban J connectivity index is 2.49. The lowest BCUT2D eigenvalue weighted by Crippen LogP contribution is -2.45. The van der Waals surface area contributed by atoms with Crippen LogP contribution in [0.4, 0.5) is 0 Å². The van der Waals surface area contributed by atoms with Crippen molar-refractivity contribution in [1.29, 1.82) is 0 Å². The maximum Gasteiger partial charge on any atom is 0.248 e. The topological polar surface area (TPSA) is 38.8 Å². The molecule has 4 nitrogen and oxygen atoms in total. The molecule has 1 saturated carbocycles. The van der Waals surface area contributed by atoms with E-state index in [9.17, 15) is 4.79 Å². The summed E-state index contributed by atoms with van der Waals surface area (Å²) in [6, 6.07) is 0. The third kappa shape index (κ3) is 4.30. The van der Waals surface area contributed by atoms with Gasteiger partial charge in [-0.1, -0.05) is 20.8 Å². The first-order valence-electron chi connectivity index (χ1n) is 7.58. The van der Waals surface area contributed by atoms with E-state index in [1.165, 1.54) is 12.2 Å². The highest BCUT2D eigenvalue weighted by Crippen LogP contribution is 2.39. The second-order valence-electron chi connectivity index (χ2n) is 7.37. The van der Waals surface area contributed by atoms with Gasteiger partial charge in [0.1, 0.15) is 0 Å². The van der Waals surface area contributed by atoms with Crippen LogP contribution in [0.25, 0.3) is 0 Å². The summed E-state index contributed by atoms with van der Waals surface area (Å²) in [5.41, 5.74) is 0. The van der Waals surface area contributed by atoms with Gasteiger partial charge >= 0.3 is 0 Å². The van der Waals surface area contributed by atoms with E-state index >= 15 is 0 Å². The van der Waals surface area contributed by atoms with Gasteiger partial charge in [-0.3, -0.25) is 9.63 Å². The molecule has 0 spiro atoms. The molecule has 0 aromatic carbocycles. The van der Waals surface area contributed by atoms with E-state index in [2.05, 4.69) is 33.9 Å². The Hall–Kier alpha value is -0.393. The predicted octanol–water partition coefficient (Wildman–Crippen LogP) is 3.59. The zero-order chi connectivity index (χ0) is 15.6. The lowest BCUT2D eigenvalue weighted by Gasteiger charge is -2.41. The minimum atomic E-state index is -1.69. The maximum atomic E-state index is 12.0. The number of rotatable bonds is 4. The lowest BCUT2D eigenvalue weighted by molar-refractivity contribution is -0.174. The minimum absolute atomic E-state index is 0.0956. The summed E-state index contributed by atoms with van der Waals surface area (Å²) in [6.07, 6.45) is 4.12. The molecular weight excluding hydrogens is 270 g/mol. The maximum absolute atomic E-state index is 12.0. The van der Waals surface area contributed by atoms with Crippen molar-refractivity contribution in [3.05, 3.63) is 0 Å². The fourth-order valence-electron chi connectivity index (χ4n) is 2.37. The van der Waals surface area contributed by atoms with E-state index in [0.717, 1.165) is 25.7 Å². The van der Waals surface area contributed by atoms with E-state index in [1.54, 1.807) is 7.05 Å². The van der Waals surface area contributed by atoms with E-state index in [0.29, 0.717) is 6.10 Å². The van der Waals surface area contributed by atoms with Gasteiger partial charge in [0.15, 0.2) is 8.32 Å². The SMILES string of the molecule is CON(C)C(=O)C1CCC(O[Si](C)(C)C(C)(C)C)CC1. The van der Waals surface area contributed by atoms with Crippen LogP contribution in [0.5, 0.6) is 0 Å². The molecule has 0 bridgehead atoms. The van der Waals surface area contributed by atoms with Gasteiger partial charge in [-0.2, -0.15) is 0 Å². The zero-order valence-electron chi connectivity index (χ0n) is 14.2. The number of hydrogen-bond donors (Lipinski definition) is 0. The van der Waals surface area contributed by atoms with Gasteiger partial charge in [0, 0.05) is 19.1 Å². The van der Waals surface area contributed by atoms with Crippen LogP contribution in [0.15, 0.2) is 0 Å². The average Bonchev–Trinajstić information content (AvgIpc) is 2.36. The number of hydrogen-bond acceptors (Lipinski definition) is 3. The van der Waals surface area contributed by atoms with Crippen LogP contribution in [0.1, 0.15) is 46.5 Å². The van der Waals surface area contributed by atoms with Gasteiger partial charge in [0.05, 0.1) is 7.11 Å². The highest BCUT2D eigenvalue weighted by Gasteiger charge is 2.40. The van der Waals surface area contributed by atoms with E-state index < -0.39 is 8.32 Å². The summed E-state index contributed by atoms with van der Waals surface area (Å²) < 4.78 is 6.44. The lowest BCUT2D eigenvalue weighted by atomic mass is 9.87. The molecule has 0 aromatic rings. The largest absolute Gasteiger partial charge is 0.414 e. The highest BCUT2D eigenvalue weighted by atomic mass is 28.4. The molecule has 1 fully saturated rings. The molecular formula is C15H31NO3Si. The fourth-order valence-corrected chi connectivity index (χ4v) is 3.79. The average molecular weight is 302 g/mol. The molecule has 118 valence electrons. The summed E-state index contributed by atoms with van der Waals surface area (Å²) in [4.78, 5) is 17.0. The monoisotopic (exact) mass is 301 g/mol. The van der Waals surface area contributed by atoms with Crippen LogP contribution >= 0.6 is 0 Å². The van der Waals surface area contributed by atoms with Gasteiger partial charge in [0.2, 0.25) is 5.91 Å². The van der Waals surface area contributed by atoms with Crippen molar-refractivity contribution in [3.63, 3.8) is 0 Å². The molecule has 1 aliphatic rings. The molecule has 0 atom stereocenters. The van der Waals surface area contributed by atoms with Gasteiger partial charge in [0.25, 0.3) is 0 Å². The molecule has 1 aliphatic carbocycles. The number of carbonyl (C=O) groups excluding carboxylic acids is 1. The van der Waals surface area contributed by atoms with Crippen molar-refractivity contribution in [2.45, 2.75) is 70.7 Å². The Kier molecular flexibility index (Phi) is 5.81. The van der Waals surface area contributed by atoms with Crippen molar-refractivity contribution in [2.75, 3.05) is 14.2 Å². The molecule has 0 radical (unpaired) electrons. The summed E-state index contributed by atoms with van der Waals surface area (Å²) >= 11 is 0. The number of amides is 1. The van der Waals surface area contributed by atoms with Crippen molar-refractivity contribution in [2.24, 2.45) is 5.92 Å². The Morgan fingerprint density at radius 2 is 1.65 bits per heavy atom. The zero-order valence-corrected chi connectivity index (χ0v) is 15.2. The van der Waals surface area contributed by atoms with Crippen molar-refractivity contribution < 1.29 is 14.1 Å². The second-order valence-corrected chi connectivity index (χ2v) is 12.1. The Morgan fingerprint density at radius 3 is 2.05 bits per heavy atom. The molecule has 0 saturated heterocycles. The van der Waals surface area contributed by atoms with Crippen molar-refractivity contribution >= 4 is 14.2 Å². The van der Waals surface area contributed by atoms with Crippen LogP contribution in [-0.2, 0) is 14.1 Å². The highest BCUT2D eigenvalue weighted by molar-refractivity contribution is 6.74. The number of hydroxylamine groups is 2. The van der Waals surface area contributed by atoms with E-state index in [-0.39, 0.29) is 16.9 Å². The molecule has 0 N–H and O–H groups in total. The van der Waals surface area contributed by atoms with Crippen LogP contribution in [-0.4, -0.2) is 39.5 Å². The van der Waals surface area contributed by atoms with Crippen molar-refractivity contribution in [1.82, 2.24) is 5.06 Å². The number of nitrogens with zero attached hydrogens (tertiary/aromatic N) is 1. The summed E-state index contributed by atoms with van der Waals surface area (Å²) in [5, 5.41) is 1.59. The third-order valence-electron chi connectivity index (χ3n) is 4.88. The smallest absolute Gasteiger partial charge is 0.248 e. The second kappa shape index (κ2) is 6.58. The first-order valence-corrected chi connectivity index (χ1v) is 10.5. The third-order valence-corrected chi connectivity index (χ3v) is 9.41. The number of carbonyl (C=O) groups is 1. The van der Waals surface area contributed by atoms with Crippen LogP contribution in [0, 0.1) is 5.92 Å². The Bertz CT molecular complexity index is 331. The normalized spacial score (nSPS) is 24.6. The van der Waals surface area contributed by atoms with Gasteiger partial charge in [-0.05, 0) is 43.8 Å². The Morgan fingerprint density at radius 1 is 1.15 bits per heavy atom. The molecule has 0 aliphatic heterocycles. The minimum Gasteiger partial charge on any atom is -0.414 e. The predicted molar refractivity (Wildman–Crippen MR) is 83.8 cm³/mol. The summed E-state index contributed by atoms with van der Waals surface area (Å²) in [5.74, 6) is 0.192. The quantitative estimate of drug-likeness (QED) is 0.588. The first-order chi connectivity index (χ1) is 9.08. The van der Waals surface area contributed by atoms with Crippen LogP contribution in [0.2, 0.25) is 18.1 Å². The molecule has 5 heteroatoms. The van der Waals surface area contributed by atoms with Gasteiger partial charge < -0.3 is 4.43 Å². The molecule has 0 aromatic heterocycles. The fraction of sp³-hybridized carbons (Fsp3) is 0.933. The molecule has 20 heavy (non-hydrogen) atoms. The molecule has 1 amide bonds. The molecule has 0 unspecified atom stereocenters. The van der Waals surface area contributed by atoms with Crippen LogP contribution < -0.4 is 0 Å². The van der Waals surface area contributed by atoms with E-state index in [1.807, 2.05) is 0 Å². The molecule has 1 rings (SSSR count).